The van der Waals surface area contributed by atoms with Gasteiger partial charge in [-0.2, -0.15) is 5.10 Å². The highest BCUT2D eigenvalue weighted by molar-refractivity contribution is 6.32. The summed E-state index contributed by atoms with van der Waals surface area (Å²) in [4.78, 5) is 49.6. The number of nitrogens with one attached hydrogen (secondary N) is 2. The molecule has 0 radical (unpaired) electrons. The Labute approximate surface area is 186 Å². The van der Waals surface area contributed by atoms with Gasteiger partial charge in [0, 0.05) is 48.9 Å². The predicted octanol–water partition coefficient (Wildman–Crippen LogP) is 1.40. The summed E-state index contributed by atoms with van der Waals surface area (Å²) in [5, 5.41) is 8.82. The van der Waals surface area contributed by atoms with E-state index >= 15 is 4.39 Å². The molecule has 1 aromatic heterocycles. The molecule has 0 aliphatic carbocycles. The lowest BCUT2D eigenvalue weighted by molar-refractivity contribution is -0.136. The number of fused-ring (bicyclic) bond motifs is 1. The summed E-state index contributed by atoms with van der Waals surface area (Å²) in [5.74, 6) is -2.53. The Hall–Kier alpha value is -3.47. The highest BCUT2D eigenvalue weighted by Gasteiger charge is 2.41. The van der Waals surface area contributed by atoms with Crippen LogP contribution in [-0.2, 0) is 41.1 Å². The van der Waals surface area contributed by atoms with Crippen LogP contribution >= 0.6 is 11.6 Å². The van der Waals surface area contributed by atoms with Crippen molar-refractivity contribution < 1.29 is 28.3 Å². The summed E-state index contributed by atoms with van der Waals surface area (Å²) in [7, 11) is 1.73. The molecule has 1 atom stereocenters. The second-order valence-electron chi connectivity index (χ2n) is 7.50. The van der Waals surface area contributed by atoms with Crippen LogP contribution in [0.2, 0.25) is 5.02 Å². The fourth-order valence-electron chi connectivity index (χ4n) is 3.74. The number of imide groups is 1. The summed E-state index contributed by atoms with van der Waals surface area (Å²) >= 11 is 6.28. The van der Waals surface area contributed by atoms with E-state index in [9.17, 15) is 19.2 Å². The molecule has 1 saturated heterocycles. The summed E-state index contributed by atoms with van der Waals surface area (Å²) < 4.78 is 21.7. The van der Waals surface area contributed by atoms with Crippen molar-refractivity contribution in [1.82, 2.24) is 25.3 Å². The molecule has 10 nitrogen and oxygen atoms in total. The molecule has 1 aromatic carbocycles. The predicted molar refractivity (Wildman–Crippen MR) is 108 cm³/mol. The standard InChI is InChI=1S/C20H19ClFN5O5/c1-26-5-4-11(25-26)9-32-20(31)23-7-10-6-13(21)12-8-27(19(30)16(12)17(10)22)14-2-3-15(28)24-18(14)29/h4-6,14H,2-3,7-9H2,1H3,(H,23,31)(H,24,28,29). The third-order valence-corrected chi connectivity index (χ3v) is 5.66. The van der Waals surface area contributed by atoms with Crippen molar-refractivity contribution in [3.8, 4) is 0 Å². The lowest BCUT2D eigenvalue weighted by Crippen LogP contribution is -2.52. The second kappa shape index (κ2) is 8.58. The van der Waals surface area contributed by atoms with E-state index in [2.05, 4.69) is 15.7 Å². The summed E-state index contributed by atoms with van der Waals surface area (Å²) in [5.41, 5.74) is 0.580. The maximum atomic E-state index is 15.1. The molecular formula is C20H19ClFN5O5. The molecule has 2 aliphatic rings. The number of nitrogens with zero attached hydrogens (tertiary/aromatic N) is 3. The van der Waals surface area contributed by atoms with Crippen LogP contribution in [0.5, 0.6) is 0 Å². The number of carbonyl (C=O) groups is 4. The molecule has 0 spiro atoms. The first kappa shape index (κ1) is 21.8. The van der Waals surface area contributed by atoms with Gasteiger partial charge in [-0.3, -0.25) is 24.4 Å². The number of benzene rings is 1. The van der Waals surface area contributed by atoms with Crippen LogP contribution < -0.4 is 10.6 Å². The van der Waals surface area contributed by atoms with E-state index in [0.29, 0.717) is 5.69 Å². The van der Waals surface area contributed by atoms with Crippen molar-refractivity contribution in [3.63, 3.8) is 0 Å². The zero-order valence-electron chi connectivity index (χ0n) is 17.0. The van der Waals surface area contributed by atoms with E-state index in [-0.39, 0.29) is 54.3 Å². The molecular weight excluding hydrogens is 445 g/mol. The average molecular weight is 464 g/mol. The number of hydrogen-bond donors (Lipinski definition) is 2. The van der Waals surface area contributed by atoms with Crippen molar-refractivity contribution >= 4 is 35.4 Å². The Bertz CT molecular complexity index is 1130. The van der Waals surface area contributed by atoms with Crippen LogP contribution in [0, 0.1) is 5.82 Å². The maximum Gasteiger partial charge on any atom is 0.407 e. The van der Waals surface area contributed by atoms with E-state index < -0.39 is 35.7 Å². The normalized spacial score (nSPS) is 17.9. The van der Waals surface area contributed by atoms with Crippen molar-refractivity contribution in [2.45, 2.75) is 38.6 Å². The average Bonchev–Trinajstić information content (AvgIpc) is 3.31. The molecule has 168 valence electrons. The summed E-state index contributed by atoms with van der Waals surface area (Å²) in [6, 6.07) is 2.13. The third-order valence-electron chi connectivity index (χ3n) is 5.33. The van der Waals surface area contributed by atoms with E-state index in [4.69, 9.17) is 16.3 Å². The topological polar surface area (TPSA) is 123 Å². The van der Waals surface area contributed by atoms with E-state index in [1.807, 2.05) is 0 Å². The van der Waals surface area contributed by atoms with E-state index in [0.717, 1.165) is 0 Å². The van der Waals surface area contributed by atoms with Gasteiger partial charge in [-0.05, 0) is 18.6 Å². The number of aryl methyl sites for hydroxylation is 1. The van der Waals surface area contributed by atoms with E-state index in [1.165, 1.54) is 11.0 Å². The van der Waals surface area contributed by atoms with Crippen molar-refractivity contribution in [2.75, 3.05) is 0 Å². The Morgan fingerprint density at radius 2 is 2.19 bits per heavy atom. The summed E-state index contributed by atoms with van der Waals surface area (Å²) in [6.07, 6.45) is 1.15. The molecule has 1 fully saturated rings. The number of alkyl carbamates (subject to hydrolysis) is 1. The van der Waals surface area contributed by atoms with Crippen LogP contribution in [0.25, 0.3) is 0 Å². The Morgan fingerprint density at radius 3 is 2.88 bits per heavy atom. The lowest BCUT2D eigenvalue weighted by atomic mass is 10.0. The molecule has 32 heavy (non-hydrogen) atoms. The number of rotatable bonds is 5. The zero-order valence-corrected chi connectivity index (χ0v) is 17.7. The van der Waals surface area contributed by atoms with Crippen molar-refractivity contribution in [2.24, 2.45) is 7.05 Å². The smallest absolute Gasteiger partial charge is 0.407 e. The molecule has 4 rings (SSSR count). The van der Waals surface area contributed by atoms with Gasteiger partial charge >= 0.3 is 6.09 Å². The molecule has 4 amide bonds. The zero-order chi connectivity index (χ0) is 23.0. The molecule has 12 heteroatoms. The highest BCUT2D eigenvalue weighted by Crippen LogP contribution is 2.35. The van der Waals surface area contributed by atoms with Crippen molar-refractivity contribution in [3.05, 3.63) is 51.6 Å². The second-order valence-corrected chi connectivity index (χ2v) is 7.90. The fourth-order valence-corrected chi connectivity index (χ4v) is 4.02. The van der Waals surface area contributed by atoms with Gasteiger partial charge in [-0.25, -0.2) is 9.18 Å². The minimum Gasteiger partial charge on any atom is -0.443 e. The molecule has 3 heterocycles. The summed E-state index contributed by atoms with van der Waals surface area (Å²) in [6.45, 7) is -0.360. The van der Waals surface area contributed by atoms with E-state index in [1.54, 1.807) is 24.0 Å². The largest absolute Gasteiger partial charge is 0.443 e. The molecule has 0 bridgehead atoms. The molecule has 0 saturated carbocycles. The maximum absolute atomic E-state index is 15.1. The van der Waals surface area contributed by atoms with Gasteiger partial charge in [0.1, 0.15) is 18.5 Å². The molecule has 2 N–H and O–H groups in total. The Balaban J connectivity index is 1.44. The Kier molecular flexibility index (Phi) is 5.83. The minimum absolute atomic E-state index is 0.00186. The number of halogens is 2. The van der Waals surface area contributed by atoms with Crippen LogP contribution in [0.15, 0.2) is 18.3 Å². The van der Waals surface area contributed by atoms with Crippen LogP contribution in [0.1, 0.15) is 40.0 Å². The van der Waals surface area contributed by atoms with Crippen LogP contribution in [-0.4, -0.2) is 44.5 Å². The quantitative estimate of drug-likeness (QED) is 0.646. The van der Waals surface area contributed by atoms with Gasteiger partial charge in [-0.15, -0.1) is 0 Å². The number of hydrogen-bond acceptors (Lipinski definition) is 6. The first-order valence-electron chi connectivity index (χ1n) is 9.78. The lowest BCUT2D eigenvalue weighted by Gasteiger charge is -2.29. The number of ether oxygens (including phenoxy) is 1. The van der Waals surface area contributed by atoms with Crippen molar-refractivity contribution in [1.29, 1.82) is 0 Å². The first-order valence-corrected chi connectivity index (χ1v) is 10.2. The van der Waals surface area contributed by atoms with Gasteiger partial charge in [-0.1, -0.05) is 11.6 Å². The monoisotopic (exact) mass is 463 g/mol. The third kappa shape index (κ3) is 4.15. The number of amides is 4. The number of piperidine rings is 1. The SMILES string of the molecule is Cn1ccc(COC(=O)NCc2cc(Cl)c3c(c2F)C(=O)N(C2CCC(=O)NC2=O)C3)n1. The first-order chi connectivity index (χ1) is 15.2. The molecule has 2 aromatic rings. The van der Waals surface area contributed by atoms with Gasteiger partial charge in [0.2, 0.25) is 11.8 Å². The van der Waals surface area contributed by atoms with Crippen LogP contribution in [0.4, 0.5) is 9.18 Å². The number of aromatic nitrogens is 2. The highest BCUT2D eigenvalue weighted by atomic mass is 35.5. The van der Waals surface area contributed by atoms with Gasteiger partial charge < -0.3 is 15.0 Å². The van der Waals surface area contributed by atoms with Gasteiger partial charge in [0.15, 0.2) is 0 Å². The minimum atomic E-state index is -0.883. The number of carbonyl (C=O) groups excluding carboxylic acids is 4. The van der Waals surface area contributed by atoms with Crippen LogP contribution in [0.3, 0.4) is 0 Å². The van der Waals surface area contributed by atoms with Gasteiger partial charge in [0.25, 0.3) is 5.91 Å². The Morgan fingerprint density at radius 1 is 1.41 bits per heavy atom. The molecule has 1 unspecified atom stereocenters. The fraction of sp³-hybridized carbons (Fsp3) is 0.350. The molecule has 2 aliphatic heterocycles. The van der Waals surface area contributed by atoms with Gasteiger partial charge in [0.05, 0.1) is 11.3 Å².